The zero-order valence-electron chi connectivity index (χ0n) is 18.2. The lowest BCUT2D eigenvalue weighted by Crippen LogP contribution is -2.46. The standard InChI is InChI=1S/C22H25ClN2O7S/c1-14(2)21(22(27)32-13-20(26)24-12-15-3-5-16(23)6-4-15)25-33(28,29)17-7-8-18-19(11-17)31-10-9-30-18/h3-8,11,14,21,25H,9-10,12-13H2,1-2H3,(H,24,26)/t21-/m0/s1. The summed E-state index contributed by atoms with van der Waals surface area (Å²) in [6, 6.07) is 9.93. The molecule has 0 spiro atoms. The van der Waals surface area contributed by atoms with Crippen LogP contribution in [0.3, 0.4) is 0 Å². The molecule has 0 bridgehead atoms. The molecule has 1 aliphatic rings. The molecule has 0 fully saturated rings. The molecule has 33 heavy (non-hydrogen) atoms. The van der Waals surface area contributed by atoms with Crippen LogP contribution in [0.15, 0.2) is 47.4 Å². The van der Waals surface area contributed by atoms with Crippen LogP contribution >= 0.6 is 11.6 Å². The Labute approximate surface area is 197 Å². The molecule has 1 atom stereocenters. The summed E-state index contributed by atoms with van der Waals surface area (Å²) < 4.78 is 44.0. The van der Waals surface area contributed by atoms with E-state index in [4.69, 9.17) is 25.8 Å². The molecule has 0 radical (unpaired) electrons. The first-order valence-corrected chi connectivity index (χ1v) is 12.1. The average Bonchev–Trinajstić information content (AvgIpc) is 2.80. The number of esters is 1. The number of halogens is 1. The van der Waals surface area contributed by atoms with Crippen molar-refractivity contribution in [2.24, 2.45) is 5.92 Å². The first kappa shape index (κ1) is 24.8. The molecule has 0 unspecified atom stereocenters. The van der Waals surface area contributed by atoms with Crippen LogP contribution in [-0.2, 0) is 30.9 Å². The monoisotopic (exact) mass is 496 g/mol. The van der Waals surface area contributed by atoms with Crippen LogP contribution in [0.4, 0.5) is 0 Å². The first-order chi connectivity index (χ1) is 15.7. The predicted octanol–water partition coefficient (Wildman–Crippen LogP) is 2.27. The van der Waals surface area contributed by atoms with Crippen molar-refractivity contribution >= 4 is 33.5 Å². The maximum Gasteiger partial charge on any atom is 0.324 e. The highest BCUT2D eigenvalue weighted by Crippen LogP contribution is 2.32. The molecule has 0 aliphatic carbocycles. The van der Waals surface area contributed by atoms with E-state index in [-0.39, 0.29) is 11.4 Å². The van der Waals surface area contributed by atoms with Gasteiger partial charge >= 0.3 is 5.97 Å². The van der Waals surface area contributed by atoms with Gasteiger partial charge < -0.3 is 19.5 Å². The second-order valence-electron chi connectivity index (χ2n) is 7.66. The molecule has 2 aromatic rings. The number of benzene rings is 2. The molecule has 11 heteroatoms. The molecular weight excluding hydrogens is 472 g/mol. The summed E-state index contributed by atoms with van der Waals surface area (Å²) >= 11 is 5.82. The molecule has 1 heterocycles. The number of carbonyl (C=O) groups is 2. The Bertz CT molecular complexity index is 1100. The summed E-state index contributed by atoms with van der Waals surface area (Å²) in [6.07, 6.45) is 0. The van der Waals surface area contributed by atoms with E-state index in [1.54, 1.807) is 38.1 Å². The van der Waals surface area contributed by atoms with Gasteiger partial charge in [-0.3, -0.25) is 9.59 Å². The van der Waals surface area contributed by atoms with Crippen molar-refractivity contribution in [1.82, 2.24) is 10.0 Å². The van der Waals surface area contributed by atoms with Gasteiger partial charge in [0.25, 0.3) is 5.91 Å². The third kappa shape index (κ3) is 6.83. The Morgan fingerprint density at radius 2 is 1.73 bits per heavy atom. The molecule has 1 aliphatic heterocycles. The van der Waals surface area contributed by atoms with Crippen LogP contribution < -0.4 is 19.5 Å². The number of nitrogens with one attached hydrogen (secondary N) is 2. The number of amides is 1. The van der Waals surface area contributed by atoms with E-state index in [1.807, 2.05) is 0 Å². The van der Waals surface area contributed by atoms with Gasteiger partial charge in [0.2, 0.25) is 10.0 Å². The van der Waals surface area contributed by atoms with Crippen LogP contribution in [0.25, 0.3) is 0 Å². The summed E-state index contributed by atoms with van der Waals surface area (Å²) in [5, 5.41) is 3.20. The Morgan fingerprint density at radius 3 is 2.39 bits per heavy atom. The van der Waals surface area contributed by atoms with Crippen molar-refractivity contribution < 1.29 is 32.2 Å². The van der Waals surface area contributed by atoms with E-state index < -0.39 is 40.5 Å². The SMILES string of the molecule is CC(C)[C@H](NS(=O)(=O)c1ccc2c(c1)OCCO2)C(=O)OCC(=O)NCc1ccc(Cl)cc1. The van der Waals surface area contributed by atoms with E-state index in [9.17, 15) is 18.0 Å². The van der Waals surface area contributed by atoms with Crippen LogP contribution in [0.2, 0.25) is 5.02 Å². The number of fused-ring (bicyclic) bond motifs is 1. The molecule has 0 saturated carbocycles. The summed E-state index contributed by atoms with van der Waals surface area (Å²) in [5.41, 5.74) is 0.825. The Balaban J connectivity index is 1.58. The minimum Gasteiger partial charge on any atom is -0.486 e. The van der Waals surface area contributed by atoms with E-state index in [1.165, 1.54) is 18.2 Å². The number of carbonyl (C=O) groups excluding carboxylic acids is 2. The quantitative estimate of drug-likeness (QED) is 0.511. The summed E-state index contributed by atoms with van der Waals surface area (Å²) in [7, 11) is -4.07. The molecule has 0 saturated heterocycles. The van der Waals surface area contributed by atoms with Crippen molar-refractivity contribution in [3.05, 3.63) is 53.1 Å². The van der Waals surface area contributed by atoms with E-state index in [2.05, 4.69) is 10.0 Å². The maximum absolute atomic E-state index is 12.9. The largest absolute Gasteiger partial charge is 0.486 e. The van der Waals surface area contributed by atoms with Crippen molar-refractivity contribution in [2.75, 3.05) is 19.8 Å². The number of ether oxygens (including phenoxy) is 3. The summed E-state index contributed by atoms with van der Waals surface area (Å²) in [5.74, 6) is -1.04. The van der Waals surface area contributed by atoms with Gasteiger partial charge in [-0.15, -0.1) is 0 Å². The number of rotatable bonds is 9. The van der Waals surface area contributed by atoms with Gasteiger partial charge in [0, 0.05) is 17.6 Å². The van der Waals surface area contributed by atoms with Gasteiger partial charge in [0.15, 0.2) is 18.1 Å². The zero-order chi connectivity index (χ0) is 24.0. The van der Waals surface area contributed by atoms with Crippen molar-refractivity contribution in [1.29, 1.82) is 0 Å². The lowest BCUT2D eigenvalue weighted by molar-refractivity contribution is -0.151. The van der Waals surface area contributed by atoms with Gasteiger partial charge in [0.05, 0.1) is 4.90 Å². The first-order valence-electron chi connectivity index (χ1n) is 10.3. The normalized spacial score (nSPS) is 13.9. The van der Waals surface area contributed by atoms with Crippen LogP contribution in [0.1, 0.15) is 19.4 Å². The minimum atomic E-state index is -4.07. The highest BCUT2D eigenvalue weighted by molar-refractivity contribution is 7.89. The molecule has 0 aromatic heterocycles. The van der Waals surface area contributed by atoms with Gasteiger partial charge in [-0.05, 0) is 35.7 Å². The molecule has 2 N–H and O–H groups in total. The molecule has 9 nitrogen and oxygen atoms in total. The average molecular weight is 497 g/mol. The lowest BCUT2D eigenvalue weighted by atomic mass is 10.1. The third-order valence-corrected chi connectivity index (χ3v) is 6.47. The highest BCUT2D eigenvalue weighted by Gasteiger charge is 2.31. The van der Waals surface area contributed by atoms with Crippen molar-refractivity contribution in [2.45, 2.75) is 31.3 Å². The van der Waals surface area contributed by atoms with E-state index in [0.29, 0.717) is 29.7 Å². The second-order valence-corrected chi connectivity index (χ2v) is 9.81. The summed E-state index contributed by atoms with van der Waals surface area (Å²) in [6.45, 7) is 3.72. The predicted molar refractivity (Wildman–Crippen MR) is 121 cm³/mol. The fourth-order valence-electron chi connectivity index (χ4n) is 2.96. The third-order valence-electron chi connectivity index (χ3n) is 4.78. The Kier molecular flexibility index (Phi) is 8.17. The van der Waals surface area contributed by atoms with Crippen LogP contribution in [-0.4, -0.2) is 46.2 Å². The zero-order valence-corrected chi connectivity index (χ0v) is 19.7. The fraction of sp³-hybridized carbons (Fsp3) is 0.364. The van der Waals surface area contributed by atoms with Crippen molar-refractivity contribution in [3.8, 4) is 11.5 Å². The minimum absolute atomic E-state index is 0.0779. The second kappa shape index (κ2) is 10.9. The molecular formula is C22H25ClN2O7S. The number of hydrogen-bond acceptors (Lipinski definition) is 7. The lowest BCUT2D eigenvalue weighted by Gasteiger charge is -2.22. The highest BCUT2D eigenvalue weighted by atomic mass is 35.5. The molecule has 1 amide bonds. The van der Waals surface area contributed by atoms with E-state index >= 15 is 0 Å². The summed E-state index contributed by atoms with van der Waals surface area (Å²) in [4.78, 5) is 24.5. The smallest absolute Gasteiger partial charge is 0.324 e. The van der Waals surface area contributed by atoms with Crippen molar-refractivity contribution in [3.63, 3.8) is 0 Å². The topological polar surface area (TPSA) is 120 Å². The van der Waals surface area contributed by atoms with Crippen LogP contribution in [0, 0.1) is 5.92 Å². The fourth-order valence-corrected chi connectivity index (χ4v) is 4.44. The van der Waals surface area contributed by atoms with Gasteiger partial charge in [-0.25, -0.2) is 8.42 Å². The number of hydrogen-bond donors (Lipinski definition) is 2. The van der Waals surface area contributed by atoms with Crippen LogP contribution in [0.5, 0.6) is 11.5 Å². The van der Waals surface area contributed by atoms with E-state index in [0.717, 1.165) is 5.56 Å². The van der Waals surface area contributed by atoms with Gasteiger partial charge in [-0.1, -0.05) is 37.6 Å². The Morgan fingerprint density at radius 1 is 1.06 bits per heavy atom. The Hall–Kier alpha value is -2.82. The maximum atomic E-state index is 12.9. The molecule has 2 aromatic carbocycles. The molecule has 3 rings (SSSR count). The number of sulfonamides is 1. The van der Waals surface area contributed by atoms with Gasteiger partial charge in [-0.2, -0.15) is 4.72 Å². The van der Waals surface area contributed by atoms with Gasteiger partial charge in [0.1, 0.15) is 19.3 Å². The molecule has 178 valence electrons.